The number of carbonyl (C=O) groups is 1. The molecule has 7 heteroatoms. The number of rotatable bonds is 8. The molecule has 2 rings (SSSR count). The van der Waals surface area contributed by atoms with Crippen molar-refractivity contribution < 1.29 is 17.9 Å². The van der Waals surface area contributed by atoms with Crippen LogP contribution in [-0.2, 0) is 10.0 Å². The third-order valence-electron chi connectivity index (χ3n) is 4.57. The third kappa shape index (κ3) is 5.25. The lowest BCUT2D eigenvalue weighted by molar-refractivity contribution is 0.0946. The second kappa shape index (κ2) is 9.10. The number of amides is 1. The number of benzene rings is 2. The van der Waals surface area contributed by atoms with E-state index in [1.54, 1.807) is 25.1 Å². The molecule has 0 bridgehead atoms. The van der Waals surface area contributed by atoms with Crippen molar-refractivity contribution in [2.75, 3.05) is 30.8 Å². The molecule has 1 N–H and O–H groups in total. The number of nitrogens with zero attached hydrogens (tertiary/aromatic N) is 1. The van der Waals surface area contributed by atoms with Crippen LogP contribution in [0.5, 0.6) is 5.75 Å². The summed E-state index contributed by atoms with van der Waals surface area (Å²) in [6.07, 6.45) is 1.13. The quantitative estimate of drug-likeness (QED) is 0.685. The summed E-state index contributed by atoms with van der Waals surface area (Å²) in [5, 5.41) is 2.83. The fourth-order valence-corrected chi connectivity index (χ4v) is 3.45. The molecule has 0 saturated carbocycles. The maximum Gasteiger partial charge on any atom is 0.251 e. The van der Waals surface area contributed by atoms with Gasteiger partial charge in [0, 0.05) is 12.6 Å². The zero-order valence-corrected chi connectivity index (χ0v) is 17.8. The number of sulfonamides is 1. The van der Waals surface area contributed by atoms with Crippen LogP contribution in [0.4, 0.5) is 5.69 Å². The highest BCUT2D eigenvalue weighted by Gasteiger charge is 2.18. The Bertz CT molecular complexity index is 939. The van der Waals surface area contributed by atoms with Crippen molar-refractivity contribution >= 4 is 21.6 Å². The van der Waals surface area contributed by atoms with E-state index in [1.807, 2.05) is 24.3 Å². The predicted molar refractivity (Wildman–Crippen MR) is 113 cm³/mol. The second-order valence-corrected chi connectivity index (χ2v) is 8.99. The maximum atomic E-state index is 12.5. The number of para-hydroxylation sites is 1. The number of hydrogen-bond acceptors (Lipinski definition) is 4. The normalized spacial score (nSPS) is 11.4. The van der Waals surface area contributed by atoms with Crippen molar-refractivity contribution in [3.63, 3.8) is 0 Å². The van der Waals surface area contributed by atoms with Gasteiger partial charge in [0.25, 0.3) is 5.91 Å². The molecule has 0 atom stereocenters. The van der Waals surface area contributed by atoms with Crippen LogP contribution in [0, 0.1) is 6.92 Å². The highest BCUT2D eigenvalue weighted by atomic mass is 32.2. The van der Waals surface area contributed by atoms with Crippen molar-refractivity contribution in [1.82, 2.24) is 5.32 Å². The zero-order chi connectivity index (χ0) is 20.9. The molecule has 0 spiro atoms. The highest BCUT2D eigenvalue weighted by molar-refractivity contribution is 7.92. The highest BCUT2D eigenvalue weighted by Crippen LogP contribution is 2.26. The first kappa shape index (κ1) is 21.8. The van der Waals surface area contributed by atoms with Crippen LogP contribution in [0.2, 0.25) is 0 Å². The second-order valence-electron chi connectivity index (χ2n) is 6.98. The topological polar surface area (TPSA) is 75.7 Å². The van der Waals surface area contributed by atoms with E-state index >= 15 is 0 Å². The van der Waals surface area contributed by atoms with Gasteiger partial charge in [0.15, 0.2) is 0 Å². The van der Waals surface area contributed by atoms with Crippen LogP contribution in [0.25, 0.3) is 0 Å². The molecule has 0 saturated heterocycles. The average molecular weight is 405 g/mol. The molecule has 2 aromatic carbocycles. The maximum absolute atomic E-state index is 12.5. The van der Waals surface area contributed by atoms with Gasteiger partial charge in [-0.1, -0.05) is 38.1 Å². The summed E-state index contributed by atoms with van der Waals surface area (Å²) in [6, 6.07) is 12.9. The van der Waals surface area contributed by atoms with E-state index in [1.165, 1.54) is 11.4 Å². The molecule has 0 aliphatic heterocycles. The smallest absolute Gasteiger partial charge is 0.251 e. The van der Waals surface area contributed by atoms with E-state index < -0.39 is 10.0 Å². The molecule has 0 heterocycles. The molecule has 1 amide bonds. The van der Waals surface area contributed by atoms with E-state index in [-0.39, 0.29) is 5.91 Å². The minimum Gasteiger partial charge on any atom is -0.491 e. The molecule has 0 aromatic heterocycles. The molecule has 6 nitrogen and oxygen atoms in total. The van der Waals surface area contributed by atoms with Crippen LogP contribution in [0.3, 0.4) is 0 Å². The number of hydrogen-bond donors (Lipinski definition) is 1. The number of ether oxygens (including phenoxy) is 1. The van der Waals surface area contributed by atoms with E-state index in [9.17, 15) is 13.2 Å². The van der Waals surface area contributed by atoms with Crippen LogP contribution >= 0.6 is 0 Å². The van der Waals surface area contributed by atoms with Crippen LogP contribution in [-0.4, -0.2) is 40.8 Å². The van der Waals surface area contributed by atoms with Gasteiger partial charge in [0.2, 0.25) is 10.0 Å². The van der Waals surface area contributed by atoms with Gasteiger partial charge in [-0.15, -0.1) is 0 Å². The molecule has 0 aliphatic carbocycles. The summed E-state index contributed by atoms with van der Waals surface area (Å²) >= 11 is 0. The molecule has 28 heavy (non-hydrogen) atoms. The van der Waals surface area contributed by atoms with Crippen molar-refractivity contribution in [1.29, 1.82) is 0 Å². The average Bonchev–Trinajstić information content (AvgIpc) is 2.64. The monoisotopic (exact) mass is 404 g/mol. The summed E-state index contributed by atoms with van der Waals surface area (Å²) in [6.45, 7) is 6.64. The fourth-order valence-electron chi connectivity index (χ4n) is 2.90. The standard InChI is InChI=1S/C21H28N2O4S/c1-15(2)17-9-6-7-12-20(17)27-14-13-22-21(24)18-10-8-11-19(16(18)3)23(4)28(5,25)26/h6-12,15H,13-14H2,1-5H3,(H,22,24). The summed E-state index contributed by atoms with van der Waals surface area (Å²) in [5.41, 5.74) is 2.66. The van der Waals surface area contributed by atoms with Crippen molar-refractivity contribution in [3.05, 3.63) is 59.2 Å². The Hall–Kier alpha value is -2.54. The van der Waals surface area contributed by atoms with Crippen molar-refractivity contribution in [2.24, 2.45) is 0 Å². The molecule has 0 unspecified atom stereocenters. The van der Waals surface area contributed by atoms with Gasteiger partial charge >= 0.3 is 0 Å². The van der Waals surface area contributed by atoms with E-state index in [0.717, 1.165) is 17.6 Å². The predicted octanol–water partition coefficient (Wildman–Crippen LogP) is 3.32. The van der Waals surface area contributed by atoms with Gasteiger partial charge in [-0.05, 0) is 42.2 Å². The molecule has 152 valence electrons. The molecule has 0 aliphatic rings. The SMILES string of the molecule is Cc1c(C(=O)NCCOc2ccccc2C(C)C)cccc1N(C)S(C)(=O)=O. The largest absolute Gasteiger partial charge is 0.491 e. The first-order valence-electron chi connectivity index (χ1n) is 9.16. The molecule has 0 radical (unpaired) electrons. The zero-order valence-electron chi connectivity index (χ0n) is 17.0. The Balaban J connectivity index is 2.01. The van der Waals surface area contributed by atoms with Crippen molar-refractivity contribution in [3.8, 4) is 5.75 Å². The van der Waals surface area contributed by atoms with Gasteiger partial charge in [-0.3, -0.25) is 9.10 Å². The van der Waals surface area contributed by atoms with Gasteiger partial charge in [0.05, 0.1) is 18.5 Å². The Kier molecular flexibility index (Phi) is 7.07. The van der Waals surface area contributed by atoms with E-state index in [0.29, 0.717) is 35.9 Å². The first-order valence-corrected chi connectivity index (χ1v) is 11.0. The Morgan fingerprint density at radius 2 is 1.82 bits per heavy atom. The minimum absolute atomic E-state index is 0.262. The fraction of sp³-hybridized carbons (Fsp3) is 0.381. The Morgan fingerprint density at radius 1 is 1.14 bits per heavy atom. The lowest BCUT2D eigenvalue weighted by Gasteiger charge is -2.20. The number of nitrogens with one attached hydrogen (secondary N) is 1. The summed E-state index contributed by atoms with van der Waals surface area (Å²) < 4.78 is 30.6. The molecule has 0 fully saturated rings. The molecule has 2 aromatic rings. The van der Waals surface area contributed by atoms with Crippen molar-refractivity contribution in [2.45, 2.75) is 26.7 Å². The van der Waals surface area contributed by atoms with E-state index in [4.69, 9.17) is 4.74 Å². The third-order valence-corrected chi connectivity index (χ3v) is 5.76. The summed E-state index contributed by atoms with van der Waals surface area (Å²) in [7, 11) is -1.93. The Labute approximate surface area is 167 Å². The molecular weight excluding hydrogens is 376 g/mol. The van der Waals surface area contributed by atoms with Gasteiger partial charge < -0.3 is 10.1 Å². The van der Waals surface area contributed by atoms with Gasteiger partial charge in [-0.2, -0.15) is 0 Å². The summed E-state index contributed by atoms with van der Waals surface area (Å²) in [4.78, 5) is 12.5. The number of anilines is 1. The van der Waals surface area contributed by atoms with Gasteiger partial charge in [0.1, 0.15) is 12.4 Å². The first-order chi connectivity index (χ1) is 13.1. The van der Waals surface area contributed by atoms with Gasteiger partial charge in [-0.25, -0.2) is 8.42 Å². The number of carbonyl (C=O) groups excluding carboxylic acids is 1. The summed E-state index contributed by atoms with van der Waals surface area (Å²) in [5.74, 6) is 0.907. The minimum atomic E-state index is -3.40. The van der Waals surface area contributed by atoms with Crippen LogP contribution in [0.15, 0.2) is 42.5 Å². The van der Waals surface area contributed by atoms with Crippen LogP contribution in [0.1, 0.15) is 41.3 Å². The van der Waals surface area contributed by atoms with E-state index in [2.05, 4.69) is 19.2 Å². The lowest BCUT2D eigenvalue weighted by atomic mass is 10.0. The molecular formula is C21H28N2O4S. The van der Waals surface area contributed by atoms with Crippen LogP contribution < -0.4 is 14.4 Å². The Morgan fingerprint density at radius 3 is 2.46 bits per heavy atom. The lowest BCUT2D eigenvalue weighted by Crippen LogP contribution is -2.30.